The quantitative estimate of drug-likeness (QED) is 0.840. The molecule has 1 saturated heterocycles. The summed E-state index contributed by atoms with van der Waals surface area (Å²) in [6.07, 6.45) is 3.62. The number of aryl methyl sites for hydroxylation is 1. The Labute approximate surface area is 123 Å². The number of aromatic nitrogens is 2. The van der Waals surface area contributed by atoms with Crippen molar-refractivity contribution in [1.29, 1.82) is 0 Å². The molecule has 1 atom stereocenters. The number of rotatable bonds is 2. The topological polar surface area (TPSA) is 71.8 Å². The largest absolute Gasteiger partial charge is 0.382 e. The van der Waals surface area contributed by atoms with Gasteiger partial charge in [-0.2, -0.15) is 5.10 Å². The predicted octanol–water partition coefficient (Wildman–Crippen LogP) is 0.124. The minimum Gasteiger partial charge on any atom is -0.382 e. The Kier molecular flexibility index (Phi) is 3.44. The molecule has 0 bridgehead atoms. The van der Waals surface area contributed by atoms with Crippen molar-refractivity contribution < 1.29 is 9.63 Å². The zero-order valence-electron chi connectivity index (χ0n) is 12.7. The monoisotopic (exact) mass is 291 g/mol. The SMILES string of the molecule is Cn1cc(C2=NOC(C(=O)N3CCNC(C)(C)C3)C2)cn1. The fraction of sp³-hybridized carbons (Fsp3) is 0.643. The van der Waals surface area contributed by atoms with E-state index in [9.17, 15) is 4.79 Å². The van der Waals surface area contributed by atoms with Crippen molar-refractivity contribution in [2.45, 2.75) is 31.9 Å². The number of hydrogen-bond acceptors (Lipinski definition) is 5. The van der Waals surface area contributed by atoms with Crippen molar-refractivity contribution in [3.05, 3.63) is 18.0 Å². The molecule has 1 aromatic rings. The van der Waals surface area contributed by atoms with Crippen LogP contribution in [0.5, 0.6) is 0 Å². The van der Waals surface area contributed by atoms with E-state index in [0.29, 0.717) is 19.5 Å². The van der Waals surface area contributed by atoms with Crippen LogP contribution in [0, 0.1) is 0 Å². The summed E-state index contributed by atoms with van der Waals surface area (Å²) in [6.45, 7) is 6.40. The van der Waals surface area contributed by atoms with Crippen LogP contribution >= 0.6 is 0 Å². The highest BCUT2D eigenvalue weighted by Crippen LogP contribution is 2.20. The van der Waals surface area contributed by atoms with E-state index in [0.717, 1.165) is 17.8 Å². The smallest absolute Gasteiger partial charge is 0.267 e. The summed E-state index contributed by atoms with van der Waals surface area (Å²) in [5, 5.41) is 11.6. The van der Waals surface area contributed by atoms with E-state index in [1.54, 1.807) is 10.9 Å². The van der Waals surface area contributed by atoms with Crippen LogP contribution in [-0.4, -0.2) is 57.6 Å². The van der Waals surface area contributed by atoms with Crippen molar-refractivity contribution in [3.63, 3.8) is 0 Å². The number of amides is 1. The molecule has 1 fully saturated rings. The maximum Gasteiger partial charge on any atom is 0.267 e. The number of nitrogens with zero attached hydrogens (tertiary/aromatic N) is 4. The van der Waals surface area contributed by atoms with Gasteiger partial charge in [-0.15, -0.1) is 0 Å². The molecule has 0 spiro atoms. The summed E-state index contributed by atoms with van der Waals surface area (Å²) in [4.78, 5) is 19.8. The normalized spacial score (nSPS) is 24.6. The summed E-state index contributed by atoms with van der Waals surface area (Å²) in [7, 11) is 1.85. The van der Waals surface area contributed by atoms with Gasteiger partial charge in [0.05, 0.1) is 11.9 Å². The molecule has 0 aromatic carbocycles. The van der Waals surface area contributed by atoms with Gasteiger partial charge >= 0.3 is 0 Å². The average molecular weight is 291 g/mol. The van der Waals surface area contributed by atoms with Crippen molar-refractivity contribution in [3.8, 4) is 0 Å². The van der Waals surface area contributed by atoms with E-state index >= 15 is 0 Å². The van der Waals surface area contributed by atoms with Gasteiger partial charge < -0.3 is 15.1 Å². The summed E-state index contributed by atoms with van der Waals surface area (Å²) in [5.41, 5.74) is 1.64. The Bertz CT molecular complexity index is 578. The number of nitrogens with one attached hydrogen (secondary N) is 1. The first kappa shape index (κ1) is 14.1. The van der Waals surface area contributed by atoms with E-state index in [4.69, 9.17) is 4.84 Å². The Hall–Kier alpha value is -1.89. The van der Waals surface area contributed by atoms with Gasteiger partial charge in [-0.3, -0.25) is 9.48 Å². The van der Waals surface area contributed by atoms with Crippen LogP contribution in [0.15, 0.2) is 17.5 Å². The van der Waals surface area contributed by atoms with Gasteiger partial charge in [0.1, 0.15) is 0 Å². The molecule has 1 N–H and O–H groups in total. The Morgan fingerprint density at radius 1 is 1.52 bits per heavy atom. The number of carbonyl (C=O) groups is 1. The Balaban J connectivity index is 1.63. The summed E-state index contributed by atoms with van der Waals surface area (Å²) >= 11 is 0. The van der Waals surface area contributed by atoms with Gasteiger partial charge in [0.2, 0.25) is 6.10 Å². The highest BCUT2D eigenvalue weighted by atomic mass is 16.6. The molecule has 0 aliphatic carbocycles. The van der Waals surface area contributed by atoms with Crippen LogP contribution in [0.2, 0.25) is 0 Å². The molecule has 2 aliphatic heterocycles. The van der Waals surface area contributed by atoms with Gasteiger partial charge in [-0.1, -0.05) is 5.16 Å². The second kappa shape index (κ2) is 5.14. The second-order valence-corrected chi connectivity index (χ2v) is 6.31. The number of oxime groups is 1. The number of hydrogen-bond donors (Lipinski definition) is 1. The molecular weight excluding hydrogens is 270 g/mol. The first-order valence-electron chi connectivity index (χ1n) is 7.20. The van der Waals surface area contributed by atoms with Gasteiger partial charge in [-0.05, 0) is 13.8 Å². The van der Waals surface area contributed by atoms with E-state index in [1.807, 2.05) is 18.1 Å². The standard InChI is InChI=1S/C14H21N5O2/c1-14(2)9-19(5-4-15-14)13(20)12-6-11(17-21-12)10-7-16-18(3)8-10/h7-8,12,15H,4-6,9H2,1-3H3. The molecule has 2 aliphatic rings. The Morgan fingerprint density at radius 3 is 3.00 bits per heavy atom. The zero-order chi connectivity index (χ0) is 15.0. The molecule has 0 radical (unpaired) electrons. The fourth-order valence-electron chi connectivity index (χ4n) is 2.78. The lowest BCUT2D eigenvalue weighted by molar-refractivity contribution is -0.144. The number of piperazine rings is 1. The molecule has 1 unspecified atom stereocenters. The molecule has 0 saturated carbocycles. The van der Waals surface area contributed by atoms with Crippen LogP contribution in [0.3, 0.4) is 0 Å². The second-order valence-electron chi connectivity index (χ2n) is 6.31. The first-order chi connectivity index (χ1) is 9.94. The maximum absolute atomic E-state index is 12.5. The Morgan fingerprint density at radius 2 is 2.33 bits per heavy atom. The fourth-order valence-corrected chi connectivity index (χ4v) is 2.78. The summed E-state index contributed by atoms with van der Waals surface area (Å²) in [5.74, 6) is 0.0206. The van der Waals surface area contributed by atoms with Crippen molar-refractivity contribution in [2.24, 2.45) is 12.2 Å². The van der Waals surface area contributed by atoms with E-state index < -0.39 is 6.10 Å². The van der Waals surface area contributed by atoms with Gasteiger partial charge in [0.25, 0.3) is 5.91 Å². The minimum absolute atomic E-state index is 0.0206. The van der Waals surface area contributed by atoms with Crippen molar-refractivity contribution in [2.75, 3.05) is 19.6 Å². The molecule has 7 heteroatoms. The molecule has 3 heterocycles. The lowest BCUT2D eigenvalue weighted by Gasteiger charge is -2.39. The van der Waals surface area contributed by atoms with Crippen LogP contribution in [-0.2, 0) is 16.7 Å². The third kappa shape index (κ3) is 2.92. The molecule has 3 rings (SSSR count). The maximum atomic E-state index is 12.5. The van der Waals surface area contributed by atoms with E-state index in [2.05, 4.69) is 29.4 Å². The van der Waals surface area contributed by atoms with Crippen molar-refractivity contribution in [1.82, 2.24) is 20.0 Å². The zero-order valence-corrected chi connectivity index (χ0v) is 12.7. The minimum atomic E-state index is -0.505. The highest BCUT2D eigenvalue weighted by Gasteiger charge is 2.36. The molecule has 114 valence electrons. The predicted molar refractivity (Wildman–Crippen MR) is 77.9 cm³/mol. The average Bonchev–Trinajstić information content (AvgIpc) is 3.05. The van der Waals surface area contributed by atoms with Gasteiger partial charge in [-0.25, -0.2) is 0 Å². The lowest BCUT2D eigenvalue weighted by Crippen LogP contribution is -2.59. The molecular formula is C14H21N5O2. The molecule has 1 amide bonds. The van der Waals surface area contributed by atoms with Crippen LogP contribution in [0.4, 0.5) is 0 Å². The van der Waals surface area contributed by atoms with Gasteiger partial charge in [0, 0.05) is 50.4 Å². The van der Waals surface area contributed by atoms with E-state index in [-0.39, 0.29) is 11.4 Å². The van der Waals surface area contributed by atoms with E-state index in [1.165, 1.54) is 0 Å². The number of carbonyl (C=O) groups excluding carboxylic acids is 1. The molecule has 21 heavy (non-hydrogen) atoms. The summed E-state index contributed by atoms with van der Waals surface area (Å²) in [6, 6.07) is 0. The lowest BCUT2D eigenvalue weighted by atomic mass is 10.0. The molecule has 1 aromatic heterocycles. The summed E-state index contributed by atoms with van der Waals surface area (Å²) < 4.78 is 1.71. The highest BCUT2D eigenvalue weighted by molar-refractivity contribution is 6.03. The van der Waals surface area contributed by atoms with Crippen LogP contribution in [0.1, 0.15) is 25.8 Å². The molecule has 7 nitrogen and oxygen atoms in total. The van der Waals surface area contributed by atoms with Crippen LogP contribution in [0.25, 0.3) is 0 Å². The van der Waals surface area contributed by atoms with Crippen LogP contribution < -0.4 is 5.32 Å². The first-order valence-corrected chi connectivity index (χ1v) is 7.20. The third-order valence-corrected chi connectivity index (χ3v) is 3.87. The van der Waals surface area contributed by atoms with Gasteiger partial charge in [0.15, 0.2) is 0 Å². The van der Waals surface area contributed by atoms with Crippen molar-refractivity contribution >= 4 is 11.6 Å². The third-order valence-electron chi connectivity index (χ3n) is 3.87.